The summed E-state index contributed by atoms with van der Waals surface area (Å²) in [6.07, 6.45) is 7.85. The van der Waals surface area contributed by atoms with Gasteiger partial charge in [-0.15, -0.1) is 0 Å². The predicted molar refractivity (Wildman–Crippen MR) is 76.2 cm³/mol. The predicted octanol–water partition coefficient (Wildman–Crippen LogP) is 3.69. The number of para-hydroxylation sites is 1. The summed E-state index contributed by atoms with van der Waals surface area (Å²) < 4.78 is 5.78. The van der Waals surface area contributed by atoms with Crippen LogP contribution in [0.2, 0.25) is 0 Å². The first-order valence-electron chi connectivity index (χ1n) is 7.28. The highest BCUT2D eigenvalue weighted by atomic mass is 16.5. The lowest BCUT2D eigenvalue weighted by atomic mass is 10.2. The van der Waals surface area contributed by atoms with E-state index in [2.05, 4.69) is 30.4 Å². The average Bonchev–Trinajstić information content (AvgIpc) is 3.19. The molecule has 18 heavy (non-hydrogen) atoms. The fourth-order valence-corrected chi connectivity index (χ4v) is 2.07. The summed E-state index contributed by atoms with van der Waals surface area (Å²) in [4.78, 5) is 0. The second kappa shape index (κ2) is 7.42. The van der Waals surface area contributed by atoms with Gasteiger partial charge in [0.2, 0.25) is 0 Å². The maximum Gasteiger partial charge on any atom is 0.122 e. The summed E-state index contributed by atoms with van der Waals surface area (Å²) in [7, 11) is 0. The Morgan fingerprint density at radius 1 is 1.11 bits per heavy atom. The molecule has 1 aromatic rings. The SMILES string of the molecule is Cc1ccccc1OCCCCCCNC1CC1. The van der Waals surface area contributed by atoms with Crippen molar-refractivity contribution in [2.45, 2.75) is 51.5 Å². The van der Waals surface area contributed by atoms with Crippen LogP contribution in [0.5, 0.6) is 5.75 Å². The lowest BCUT2D eigenvalue weighted by Crippen LogP contribution is -2.17. The maximum absolute atomic E-state index is 5.78. The van der Waals surface area contributed by atoms with Crippen LogP contribution in [-0.2, 0) is 0 Å². The molecule has 1 aromatic carbocycles. The largest absolute Gasteiger partial charge is 0.493 e. The van der Waals surface area contributed by atoms with Crippen molar-refractivity contribution >= 4 is 0 Å². The minimum Gasteiger partial charge on any atom is -0.493 e. The van der Waals surface area contributed by atoms with Crippen LogP contribution in [-0.4, -0.2) is 19.2 Å². The van der Waals surface area contributed by atoms with E-state index in [9.17, 15) is 0 Å². The van der Waals surface area contributed by atoms with Gasteiger partial charge in [-0.2, -0.15) is 0 Å². The zero-order chi connectivity index (χ0) is 12.6. The molecule has 0 atom stereocenters. The number of hydrogen-bond donors (Lipinski definition) is 1. The van der Waals surface area contributed by atoms with E-state index in [4.69, 9.17) is 4.74 Å². The first-order chi connectivity index (χ1) is 8.86. The molecule has 1 aliphatic carbocycles. The molecule has 1 saturated carbocycles. The molecule has 2 heteroatoms. The lowest BCUT2D eigenvalue weighted by molar-refractivity contribution is 0.302. The molecule has 0 heterocycles. The normalized spacial score (nSPS) is 14.7. The number of ether oxygens (including phenoxy) is 1. The van der Waals surface area contributed by atoms with E-state index in [1.165, 1.54) is 44.2 Å². The van der Waals surface area contributed by atoms with Gasteiger partial charge in [0.15, 0.2) is 0 Å². The molecule has 0 radical (unpaired) electrons. The van der Waals surface area contributed by atoms with E-state index in [0.29, 0.717) is 0 Å². The van der Waals surface area contributed by atoms with Crippen molar-refractivity contribution in [1.82, 2.24) is 5.32 Å². The molecule has 2 rings (SSSR count). The van der Waals surface area contributed by atoms with Crippen LogP contribution in [0.25, 0.3) is 0 Å². The first-order valence-corrected chi connectivity index (χ1v) is 7.28. The summed E-state index contributed by atoms with van der Waals surface area (Å²) in [6.45, 7) is 4.14. The minimum atomic E-state index is 0.848. The van der Waals surface area contributed by atoms with Crippen LogP contribution in [0.3, 0.4) is 0 Å². The quantitative estimate of drug-likeness (QED) is 0.672. The van der Waals surface area contributed by atoms with Gasteiger partial charge >= 0.3 is 0 Å². The Morgan fingerprint density at radius 2 is 1.89 bits per heavy atom. The van der Waals surface area contributed by atoms with Crippen molar-refractivity contribution in [3.05, 3.63) is 29.8 Å². The Bertz CT molecular complexity index is 347. The van der Waals surface area contributed by atoms with Gasteiger partial charge in [-0.25, -0.2) is 0 Å². The number of nitrogens with one attached hydrogen (secondary N) is 1. The van der Waals surface area contributed by atoms with Crippen LogP contribution in [0.1, 0.15) is 44.1 Å². The Morgan fingerprint density at radius 3 is 2.67 bits per heavy atom. The first kappa shape index (κ1) is 13.4. The Hall–Kier alpha value is -1.02. The molecule has 2 nitrogen and oxygen atoms in total. The van der Waals surface area contributed by atoms with Crippen molar-refractivity contribution < 1.29 is 4.74 Å². The molecule has 1 aliphatic rings. The van der Waals surface area contributed by atoms with Gasteiger partial charge in [0.25, 0.3) is 0 Å². The van der Waals surface area contributed by atoms with Crippen molar-refractivity contribution in [3.63, 3.8) is 0 Å². The number of hydrogen-bond acceptors (Lipinski definition) is 2. The number of rotatable bonds is 9. The van der Waals surface area contributed by atoms with Crippen molar-refractivity contribution in [3.8, 4) is 5.75 Å². The van der Waals surface area contributed by atoms with E-state index >= 15 is 0 Å². The summed E-state index contributed by atoms with van der Waals surface area (Å²) in [5.74, 6) is 1.04. The van der Waals surface area contributed by atoms with Crippen LogP contribution in [0.4, 0.5) is 0 Å². The van der Waals surface area contributed by atoms with Gasteiger partial charge in [0.05, 0.1) is 6.61 Å². The molecule has 0 saturated heterocycles. The second-order valence-corrected chi connectivity index (χ2v) is 5.26. The molecular formula is C16H25NO. The standard InChI is InChI=1S/C16H25NO/c1-14-8-4-5-9-16(14)18-13-7-3-2-6-12-17-15-10-11-15/h4-5,8-9,15,17H,2-3,6-7,10-13H2,1H3. The highest BCUT2D eigenvalue weighted by molar-refractivity contribution is 5.31. The van der Waals surface area contributed by atoms with Gasteiger partial charge in [0.1, 0.15) is 5.75 Å². The van der Waals surface area contributed by atoms with Gasteiger partial charge in [-0.3, -0.25) is 0 Å². The topological polar surface area (TPSA) is 21.3 Å². The zero-order valence-corrected chi connectivity index (χ0v) is 11.5. The Labute approximate surface area is 111 Å². The van der Waals surface area contributed by atoms with Crippen LogP contribution in [0, 0.1) is 6.92 Å². The summed E-state index contributed by atoms with van der Waals surface area (Å²) in [6, 6.07) is 9.09. The number of aryl methyl sites for hydroxylation is 1. The van der Waals surface area contributed by atoms with Crippen LogP contribution < -0.4 is 10.1 Å². The number of benzene rings is 1. The smallest absolute Gasteiger partial charge is 0.122 e. The maximum atomic E-state index is 5.78. The summed E-state index contributed by atoms with van der Waals surface area (Å²) in [5, 5.41) is 3.55. The van der Waals surface area contributed by atoms with E-state index < -0.39 is 0 Å². The van der Waals surface area contributed by atoms with Crippen LogP contribution >= 0.6 is 0 Å². The van der Waals surface area contributed by atoms with Crippen molar-refractivity contribution in [2.24, 2.45) is 0 Å². The van der Waals surface area contributed by atoms with Gasteiger partial charge < -0.3 is 10.1 Å². The number of unbranched alkanes of at least 4 members (excludes halogenated alkanes) is 3. The molecule has 0 spiro atoms. The Balaban J connectivity index is 1.44. The van der Waals surface area contributed by atoms with Crippen LogP contribution in [0.15, 0.2) is 24.3 Å². The third-order valence-corrected chi connectivity index (χ3v) is 3.43. The summed E-state index contributed by atoms with van der Waals surface area (Å²) >= 11 is 0. The molecule has 0 aromatic heterocycles. The molecule has 1 N–H and O–H groups in total. The molecule has 100 valence electrons. The van der Waals surface area contributed by atoms with Gasteiger partial charge in [-0.1, -0.05) is 31.0 Å². The molecule has 0 unspecified atom stereocenters. The highest BCUT2D eigenvalue weighted by Crippen LogP contribution is 2.18. The minimum absolute atomic E-state index is 0.848. The molecular weight excluding hydrogens is 222 g/mol. The molecule has 0 amide bonds. The molecule has 0 bridgehead atoms. The van der Waals surface area contributed by atoms with E-state index in [1.807, 2.05) is 6.07 Å². The molecule has 0 aliphatic heterocycles. The zero-order valence-electron chi connectivity index (χ0n) is 11.5. The van der Waals surface area contributed by atoms with E-state index in [0.717, 1.165) is 24.8 Å². The molecule has 1 fully saturated rings. The fourth-order valence-electron chi connectivity index (χ4n) is 2.07. The second-order valence-electron chi connectivity index (χ2n) is 5.26. The lowest BCUT2D eigenvalue weighted by Gasteiger charge is -2.08. The van der Waals surface area contributed by atoms with Crippen molar-refractivity contribution in [2.75, 3.05) is 13.2 Å². The van der Waals surface area contributed by atoms with Gasteiger partial charge in [0, 0.05) is 6.04 Å². The summed E-state index contributed by atoms with van der Waals surface area (Å²) in [5.41, 5.74) is 1.23. The third-order valence-electron chi connectivity index (χ3n) is 3.43. The monoisotopic (exact) mass is 247 g/mol. The van der Waals surface area contributed by atoms with Crippen molar-refractivity contribution in [1.29, 1.82) is 0 Å². The van der Waals surface area contributed by atoms with E-state index in [-0.39, 0.29) is 0 Å². The third kappa shape index (κ3) is 5.09. The highest BCUT2D eigenvalue weighted by Gasteiger charge is 2.19. The Kier molecular flexibility index (Phi) is 5.53. The average molecular weight is 247 g/mol. The fraction of sp³-hybridized carbons (Fsp3) is 0.625. The van der Waals surface area contributed by atoms with Gasteiger partial charge in [-0.05, 0) is 50.8 Å². The van der Waals surface area contributed by atoms with E-state index in [1.54, 1.807) is 0 Å².